The zero-order valence-electron chi connectivity index (χ0n) is 28.4. The molecule has 6 rings (SSSR count). The van der Waals surface area contributed by atoms with Crippen molar-refractivity contribution in [2.24, 2.45) is 17.8 Å². The van der Waals surface area contributed by atoms with Crippen molar-refractivity contribution < 1.29 is 27.5 Å². The molecule has 13 heteroatoms. The Morgan fingerprint density at radius 2 is 1.68 bits per heavy atom. The van der Waals surface area contributed by atoms with Gasteiger partial charge in [0.05, 0.1) is 51.8 Å². The Balaban J connectivity index is 1.25. The van der Waals surface area contributed by atoms with Crippen LogP contribution in [0.5, 0.6) is 0 Å². The summed E-state index contributed by atoms with van der Waals surface area (Å²) in [6, 6.07) is 14.8. The van der Waals surface area contributed by atoms with Crippen LogP contribution in [0.1, 0.15) is 74.5 Å². The third kappa shape index (κ3) is 6.97. The molecule has 2 aromatic carbocycles. The molecule has 1 aliphatic heterocycles. The minimum Gasteiger partial charge on any atom is -0.444 e. The Morgan fingerprint density at radius 3 is 2.30 bits per heavy atom. The van der Waals surface area contributed by atoms with Crippen molar-refractivity contribution in [2.45, 2.75) is 71.6 Å². The van der Waals surface area contributed by atoms with Gasteiger partial charge in [0.15, 0.2) is 0 Å². The Bertz CT molecular complexity index is 2000. The van der Waals surface area contributed by atoms with Crippen LogP contribution in [0, 0.1) is 36.0 Å². The summed E-state index contributed by atoms with van der Waals surface area (Å²) in [6.45, 7) is 8.45. The van der Waals surface area contributed by atoms with Crippen molar-refractivity contribution in [3.8, 4) is 28.8 Å². The number of hydrogen-bond acceptors (Lipinski definition) is 6. The van der Waals surface area contributed by atoms with Crippen LogP contribution in [-0.2, 0) is 10.9 Å². The largest absolute Gasteiger partial charge is 0.444 e. The van der Waals surface area contributed by atoms with E-state index in [0.29, 0.717) is 54.2 Å². The van der Waals surface area contributed by atoms with Crippen LogP contribution >= 0.6 is 0 Å². The van der Waals surface area contributed by atoms with Gasteiger partial charge in [-0.1, -0.05) is 6.07 Å². The highest BCUT2D eigenvalue weighted by Crippen LogP contribution is 2.44. The molecular formula is C37H39F3N6O4. The van der Waals surface area contributed by atoms with Gasteiger partial charge in [0, 0.05) is 19.5 Å². The molecule has 2 aromatic heterocycles. The second-order valence-electron chi connectivity index (χ2n) is 14.3. The van der Waals surface area contributed by atoms with Gasteiger partial charge in [-0.25, -0.2) is 18.8 Å². The van der Waals surface area contributed by atoms with Gasteiger partial charge < -0.3 is 9.64 Å². The minimum absolute atomic E-state index is 0.0162. The van der Waals surface area contributed by atoms with Crippen molar-refractivity contribution in [1.82, 2.24) is 23.8 Å². The topological polar surface area (TPSA) is 115 Å². The maximum atomic E-state index is 14.1. The highest BCUT2D eigenvalue weighted by molar-refractivity contribution is 5.84. The number of carbonyl (C=O) groups is 2. The van der Waals surface area contributed by atoms with Gasteiger partial charge in [-0.05, 0) is 120 Å². The van der Waals surface area contributed by atoms with Crippen LogP contribution < -0.4 is 5.69 Å². The number of alkyl halides is 3. The number of amides is 1. The van der Waals surface area contributed by atoms with Gasteiger partial charge in [0.25, 0.3) is 0 Å². The lowest BCUT2D eigenvalue weighted by Crippen LogP contribution is -2.36. The summed E-state index contributed by atoms with van der Waals surface area (Å²) in [5.41, 5.74) is -0.368. The van der Waals surface area contributed by atoms with E-state index in [1.165, 1.54) is 23.0 Å². The molecule has 2 aliphatic rings. The van der Waals surface area contributed by atoms with Crippen LogP contribution in [0.2, 0.25) is 0 Å². The van der Waals surface area contributed by atoms with E-state index in [1.807, 2.05) is 20.8 Å². The third-order valence-corrected chi connectivity index (χ3v) is 9.60. The molecule has 0 bridgehead atoms. The minimum atomic E-state index is -4.63. The molecule has 4 aromatic rings. The second-order valence-corrected chi connectivity index (χ2v) is 14.3. The van der Waals surface area contributed by atoms with Gasteiger partial charge in [-0.2, -0.15) is 23.5 Å². The molecule has 0 radical (unpaired) electrons. The molecule has 0 spiro atoms. The maximum absolute atomic E-state index is 14.1. The number of fused-ring (bicyclic) bond motifs is 1. The van der Waals surface area contributed by atoms with Gasteiger partial charge in [0.2, 0.25) is 5.91 Å². The van der Waals surface area contributed by atoms with Crippen molar-refractivity contribution >= 4 is 12.0 Å². The molecule has 3 heterocycles. The fourth-order valence-corrected chi connectivity index (χ4v) is 7.42. The molecule has 10 nitrogen and oxygen atoms in total. The lowest BCUT2D eigenvalue weighted by Gasteiger charge is -2.25. The maximum Gasteiger partial charge on any atom is 0.416 e. The summed E-state index contributed by atoms with van der Waals surface area (Å²) in [5.74, 6) is 0.665. The lowest BCUT2D eigenvalue weighted by atomic mass is 9.98. The fourth-order valence-electron chi connectivity index (χ4n) is 7.42. The molecule has 2 fully saturated rings. The molecule has 3 atom stereocenters. The molecule has 1 saturated carbocycles. The van der Waals surface area contributed by atoms with Crippen molar-refractivity contribution in [2.75, 3.05) is 13.1 Å². The van der Waals surface area contributed by atoms with E-state index in [1.54, 1.807) is 42.2 Å². The number of carbonyl (C=O) groups excluding carboxylic acids is 2. The lowest BCUT2D eigenvalue weighted by molar-refractivity contribution is -0.137. The number of halogens is 3. The highest BCUT2D eigenvalue weighted by Gasteiger charge is 2.43. The Morgan fingerprint density at radius 1 is 1.00 bits per heavy atom. The third-order valence-electron chi connectivity index (χ3n) is 9.60. The summed E-state index contributed by atoms with van der Waals surface area (Å²) in [5, 5.41) is 13.7. The number of nitrogens with zero attached hydrogens (tertiary/aromatic N) is 6. The molecular weight excluding hydrogens is 649 g/mol. The van der Waals surface area contributed by atoms with Crippen LogP contribution in [0.3, 0.4) is 0 Å². The summed E-state index contributed by atoms with van der Waals surface area (Å²) in [4.78, 5) is 42.4. The fraction of sp³-hybridized carbons (Fsp3) is 0.432. The average molecular weight is 689 g/mol. The summed E-state index contributed by atoms with van der Waals surface area (Å²) in [7, 11) is 0. The second kappa shape index (κ2) is 13.3. The molecule has 0 N–H and O–H groups in total. The first kappa shape index (κ1) is 34.7. The van der Waals surface area contributed by atoms with Gasteiger partial charge in [-0.3, -0.25) is 9.36 Å². The number of benzene rings is 2. The van der Waals surface area contributed by atoms with Crippen molar-refractivity contribution in [1.29, 1.82) is 5.26 Å². The van der Waals surface area contributed by atoms with E-state index in [9.17, 15) is 32.8 Å². The normalized spacial score (nSPS) is 19.0. The molecule has 262 valence electrons. The Hall–Kier alpha value is -5.12. The zero-order chi connectivity index (χ0) is 36.0. The first-order valence-electron chi connectivity index (χ1n) is 16.7. The molecule has 1 amide bonds. The number of aromatic nitrogens is 4. The van der Waals surface area contributed by atoms with Gasteiger partial charge in [-0.15, -0.1) is 0 Å². The van der Waals surface area contributed by atoms with Gasteiger partial charge in [0.1, 0.15) is 5.60 Å². The molecule has 1 aliphatic carbocycles. The number of ether oxygens (including phenoxy) is 1. The monoisotopic (exact) mass is 688 g/mol. The molecule has 50 heavy (non-hydrogen) atoms. The van der Waals surface area contributed by atoms with E-state index in [4.69, 9.17) is 4.74 Å². The SMILES string of the molecule is Cc1c(-c2ccnn2-c2ccc(C#N)cc2)n(C(=O)CCC[C@H]2C[C@@H]3CN(C(=O)OC(C)(C)C)C[C@@H]3C2)c(=O)n1-c1cccc(C(F)(F)F)c1. The van der Waals surface area contributed by atoms with Crippen LogP contribution in [0.4, 0.5) is 18.0 Å². The van der Waals surface area contributed by atoms with E-state index >= 15 is 0 Å². The van der Waals surface area contributed by atoms with E-state index in [0.717, 1.165) is 40.5 Å². The molecule has 0 unspecified atom stereocenters. The highest BCUT2D eigenvalue weighted by atomic mass is 19.4. The van der Waals surface area contributed by atoms with Crippen molar-refractivity contribution in [3.63, 3.8) is 0 Å². The van der Waals surface area contributed by atoms with Crippen LogP contribution in [0.15, 0.2) is 65.6 Å². The van der Waals surface area contributed by atoms with Gasteiger partial charge >= 0.3 is 18.0 Å². The predicted molar refractivity (Wildman–Crippen MR) is 179 cm³/mol. The number of rotatable bonds is 7. The number of imidazole rings is 1. The standard InChI is InChI=1S/C37H39F3N6O4/c1-23-33(31-15-16-42-46(31)29-13-11-24(20-41)12-14-29)45(34(48)44(23)30-9-6-8-28(19-30)37(38,39)40)32(47)10-5-7-25-17-26-21-43(22-27(26)18-25)35(49)50-36(2,3)4/h6,8-9,11-16,19,25-27H,5,7,10,17-18,21-22H2,1-4H3/t25-,26+,27-. The van der Waals surface area contributed by atoms with E-state index in [-0.39, 0.29) is 29.6 Å². The smallest absolute Gasteiger partial charge is 0.416 e. The first-order chi connectivity index (χ1) is 23.6. The number of hydrogen-bond donors (Lipinski definition) is 0. The van der Waals surface area contributed by atoms with E-state index in [2.05, 4.69) is 11.2 Å². The molecule has 1 saturated heterocycles. The van der Waals surface area contributed by atoms with Crippen LogP contribution in [-0.4, -0.2) is 54.5 Å². The summed E-state index contributed by atoms with van der Waals surface area (Å²) >= 11 is 0. The van der Waals surface area contributed by atoms with Crippen LogP contribution in [0.25, 0.3) is 22.8 Å². The summed E-state index contributed by atoms with van der Waals surface area (Å²) < 4.78 is 50.3. The van der Waals surface area contributed by atoms with Crippen molar-refractivity contribution in [3.05, 3.63) is 88.1 Å². The summed E-state index contributed by atoms with van der Waals surface area (Å²) in [6.07, 6.45) is -0.178. The first-order valence-corrected chi connectivity index (χ1v) is 16.7. The Labute approximate surface area is 287 Å². The quantitative estimate of drug-likeness (QED) is 0.200. The number of likely N-dealkylation sites (tertiary alicyclic amines) is 1. The predicted octanol–water partition coefficient (Wildman–Crippen LogP) is 7.39. The average Bonchev–Trinajstić information content (AvgIpc) is 3.82. The number of nitriles is 1. The van der Waals surface area contributed by atoms with E-state index < -0.39 is 28.9 Å². The Kier molecular flexibility index (Phi) is 9.24. The zero-order valence-corrected chi connectivity index (χ0v) is 28.4.